The van der Waals surface area contributed by atoms with Crippen molar-refractivity contribution in [2.45, 2.75) is 13.5 Å². The summed E-state index contributed by atoms with van der Waals surface area (Å²) >= 11 is 0. The number of hydrogen-bond acceptors (Lipinski definition) is 1. The molecule has 0 spiro atoms. The summed E-state index contributed by atoms with van der Waals surface area (Å²) in [5.41, 5.74) is 2.18. The van der Waals surface area contributed by atoms with Crippen LogP contribution in [0.15, 0.2) is 24.4 Å². The summed E-state index contributed by atoms with van der Waals surface area (Å²) in [6.45, 7) is 6.76. The van der Waals surface area contributed by atoms with E-state index in [-0.39, 0.29) is 0 Å². The maximum atomic E-state index is 10.8. The molecular formula is C12H12NO2. The molecule has 0 amide bonds. The van der Waals surface area contributed by atoms with Gasteiger partial charge in [-0.15, -0.1) is 0 Å². The van der Waals surface area contributed by atoms with Gasteiger partial charge in [0.1, 0.15) is 0 Å². The molecule has 3 heteroatoms. The summed E-state index contributed by atoms with van der Waals surface area (Å²) in [6, 6.07) is 5.11. The monoisotopic (exact) mass is 202 g/mol. The molecule has 0 aliphatic heterocycles. The maximum absolute atomic E-state index is 10.8. The van der Waals surface area contributed by atoms with E-state index in [4.69, 9.17) is 5.11 Å². The van der Waals surface area contributed by atoms with E-state index in [0.717, 1.165) is 23.0 Å². The smallest absolute Gasteiger partial charge is 0.335 e. The number of carbonyl (C=O) groups is 1. The molecule has 0 atom stereocenters. The molecule has 0 saturated carbocycles. The van der Waals surface area contributed by atoms with Crippen molar-refractivity contribution in [3.05, 3.63) is 42.4 Å². The zero-order valence-electron chi connectivity index (χ0n) is 8.53. The fourth-order valence-corrected chi connectivity index (χ4v) is 1.76. The van der Waals surface area contributed by atoms with Gasteiger partial charge in [0.05, 0.1) is 5.56 Å². The van der Waals surface area contributed by atoms with Gasteiger partial charge in [0, 0.05) is 23.6 Å². The molecular weight excluding hydrogens is 190 g/mol. The molecule has 15 heavy (non-hydrogen) atoms. The van der Waals surface area contributed by atoms with Gasteiger partial charge in [-0.05, 0) is 31.5 Å². The standard InChI is InChI=1S/C12H12NO2/c1-3-13-7-8(2)10-5-4-9(12(14)15)6-11(10)13/h4-7H,2-3H2,1H3,(H,14,15). The quantitative estimate of drug-likeness (QED) is 0.813. The minimum Gasteiger partial charge on any atom is -0.478 e. The third kappa shape index (κ3) is 1.50. The topological polar surface area (TPSA) is 42.2 Å². The fraction of sp³-hybridized carbons (Fsp3) is 0.167. The van der Waals surface area contributed by atoms with Gasteiger partial charge in [-0.1, -0.05) is 6.07 Å². The Morgan fingerprint density at radius 2 is 2.27 bits per heavy atom. The van der Waals surface area contributed by atoms with Gasteiger partial charge in [-0.2, -0.15) is 0 Å². The highest BCUT2D eigenvalue weighted by Gasteiger charge is 2.08. The first-order valence-electron chi connectivity index (χ1n) is 4.81. The number of aromatic nitrogens is 1. The molecule has 0 aliphatic carbocycles. The number of benzene rings is 1. The van der Waals surface area contributed by atoms with Crippen LogP contribution < -0.4 is 0 Å². The van der Waals surface area contributed by atoms with Crippen LogP contribution in [-0.2, 0) is 6.54 Å². The highest BCUT2D eigenvalue weighted by Crippen LogP contribution is 2.22. The predicted octanol–water partition coefficient (Wildman–Crippen LogP) is 2.54. The van der Waals surface area contributed by atoms with E-state index in [9.17, 15) is 4.79 Å². The molecule has 0 fully saturated rings. The SMILES string of the molecule is [CH2]c1cn(CC)c2cc(C(=O)O)ccc12. The zero-order chi connectivity index (χ0) is 11.0. The van der Waals surface area contributed by atoms with Crippen molar-refractivity contribution in [1.82, 2.24) is 4.57 Å². The van der Waals surface area contributed by atoms with Crippen molar-refractivity contribution in [3.8, 4) is 0 Å². The normalized spacial score (nSPS) is 10.8. The summed E-state index contributed by atoms with van der Waals surface area (Å²) in [4.78, 5) is 10.8. The molecule has 1 heterocycles. The highest BCUT2D eigenvalue weighted by molar-refractivity contribution is 5.94. The lowest BCUT2D eigenvalue weighted by atomic mass is 10.1. The van der Waals surface area contributed by atoms with E-state index in [1.165, 1.54) is 0 Å². The minimum absolute atomic E-state index is 0.315. The second kappa shape index (κ2) is 3.42. The Morgan fingerprint density at radius 3 is 2.87 bits per heavy atom. The fourth-order valence-electron chi connectivity index (χ4n) is 1.76. The van der Waals surface area contributed by atoms with Crippen LogP contribution in [-0.4, -0.2) is 15.6 Å². The molecule has 1 aromatic heterocycles. The Hall–Kier alpha value is -1.77. The average molecular weight is 202 g/mol. The lowest BCUT2D eigenvalue weighted by Gasteiger charge is -2.01. The van der Waals surface area contributed by atoms with E-state index < -0.39 is 5.97 Å². The number of rotatable bonds is 2. The first-order chi connectivity index (χ1) is 7.13. The van der Waals surface area contributed by atoms with E-state index in [2.05, 4.69) is 6.92 Å². The van der Waals surface area contributed by atoms with Gasteiger partial charge >= 0.3 is 5.97 Å². The van der Waals surface area contributed by atoms with Crippen LogP contribution >= 0.6 is 0 Å². The van der Waals surface area contributed by atoms with Crippen molar-refractivity contribution in [2.24, 2.45) is 0 Å². The van der Waals surface area contributed by atoms with Crippen LogP contribution in [0.3, 0.4) is 0 Å². The van der Waals surface area contributed by atoms with E-state index in [1.807, 2.05) is 23.8 Å². The van der Waals surface area contributed by atoms with E-state index >= 15 is 0 Å². The number of fused-ring (bicyclic) bond motifs is 1. The maximum Gasteiger partial charge on any atom is 0.335 e. The second-order valence-corrected chi connectivity index (χ2v) is 3.48. The first kappa shape index (κ1) is 9.77. The van der Waals surface area contributed by atoms with Crippen molar-refractivity contribution < 1.29 is 9.90 Å². The number of aryl methyl sites for hydroxylation is 1. The van der Waals surface area contributed by atoms with Crippen LogP contribution in [0.5, 0.6) is 0 Å². The van der Waals surface area contributed by atoms with Gasteiger partial charge in [0.2, 0.25) is 0 Å². The van der Waals surface area contributed by atoms with Crippen molar-refractivity contribution >= 4 is 16.9 Å². The van der Waals surface area contributed by atoms with E-state index in [1.54, 1.807) is 12.1 Å². The lowest BCUT2D eigenvalue weighted by Crippen LogP contribution is -1.97. The number of aromatic carboxylic acids is 1. The second-order valence-electron chi connectivity index (χ2n) is 3.48. The molecule has 2 aromatic rings. The predicted molar refractivity (Wildman–Crippen MR) is 59.0 cm³/mol. The molecule has 0 bridgehead atoms. The molecule has 1 radical (unpaired) electrons. The van der Waals surface area contributed by atoms with E-state index in [0.29, 0.717) is 5.56 Å². The first-order valence-corrected chi connectivity index (χ1v) is 4.81. The summed E-state index contributed by atoms with van der Waals surface area (Å²) in [5, 5.41) is 9.91. The molecule has 2 rings (SSSR count). The largest absolute Gasteiger partial charge is 0.478 e. The average Bonchev–Trinajstić information content (AvgIpc) is 2.55. The third-order valence-corrected chi connectivity index (χ3v) is 2.55. The number of hydrogen-bond donors (Lipinski definition) is 1. The lowest BCUT2D eigenvalue weighted by molar-refractivity contribution is 0.0697. The molecule has 3 nitrogen and oxygen atoms in total. The summed E-state index contributed by atoms with van der Waals surface area (Å²) in [6.07, 6.45) is 1.94. The zero-order valence-corrected chi connectivity index (χ0v) is 8.53. The third-order valence-electron chi connectivity index (χ3n) is 2.55. The summed E-state index contributed by atoms with van der Waals surface area (Å²) in [5.74, 6) is -0.897. The molecule has 1 aromatic carbocycles. The molecule has 0 aliphatic rings. The van der Waals surface area contributed by atoms with Gasteiger partial charge in [0.25, 0.3) is 0 Å². The van der Waals surface area contributed by atoms with Gasteiger partial charge in [-0.25, -0.2) is 4.79 Å². The number of nitrogens with zero attached hydrogens (tertiary/aromatic N) is 1. The van der Waals surface area contributed by atoms with Crippen molar-refractivity contribution in [3.63, 3.8) is 0 Å². The molecule has 77 valence electrons. The molecule has 1 N–H and O–H groups in total. The minimum atomic E-state index is -0.897. The Labute approximate surface area is 87.9 Å². The van der Waals surface area contributed by atoms with Crippen LogP contribution in [0, 0.1) is 6.92 Å². The highest BCUT2D eigenvalue weighted by atomic mass is 16.4. The Bertz CT molecular complexity index is 526. The number of carboxylic acid groups (broad SMARTS) is 1. The Balaban J connectivity index is 2.73. The Morgan fingerprint density at radius 1 is 1.53 bits per heavy atom. The summed E-state index contributed by atoms with van der Waals surface area (Å²) in [7, 11) is 0. The van der Waals surface area contributed by atoms with Crippen molar-refractivity contribution in [1.29, 1.82) is 0 Å². The summed E-state index contributed by atoms with van der Waals surface area (Å²) < 4.78 is 2.00. The van der Waals surface area contributed by atoms with Crippen LogP contribution in [0.25, 0.3) is 10.9 Å². The molecule has 0 unspecified atom stereocenters. The van der Waals surface area contributed by atoms with Gasteiger partial charge < -0.3 is 9.67 Å². The number of carboxylic acids is 1. The van der Waals surface area contributed by atoms with Crippen LogP contribution in [0.4, 0.5) is 0 Å². The van der Waals surface area contributed by atoms with Crippen LogP contribution in [0.1, 0.15) is 22.8 Å². The molecule has 0 saturated heterocycles. The Kier molecular flexibility index (Phi) is 2.23. The van der Waals surface area contributed by atoms with Gasteiger partial charge in [0.15, 0.2) is 0 Å². The van der Waals surface area contributed by atoms with Gasteiger partial charge in [-0.3, -0.25) is 0 Å². The van der Waals surface area contributed by atoms with Crippen LogP contribution in [0.2, 0.25) is 0 Å². The van der Waals surface area contributed by atoms with Crippen molar-refractivity contribution in [2.75, 3.05) is 0 Å².